The third kappa shape index (κ3) is 3.64. The van der Waals surface area contributed by atoms with Crippen LogP contribution in [0.1, 0.15) is 0 Å². The van der Waals surface area contributed by atoms with Gasteiger partial charge in [0.25, 0.3) is 0 Å². The molecular formula is C7H12BF3NS-. The molecule has 0 bridgehead atoms. The Morgan fingerprint density at radius 3 is 2.31 bits per heavy atom. The molecule has 1 aliphatic heterocycles. The van der Waals surface area contributed by atoms with Gasteiger partial charge in [-0.2, -0.15) is 11.8 Å². The molecule has 0 amide bonds. The minimum atomic E-state index is -4.84. The van der Waals surface area contributed by atoms with Crippen molar-refractivity contribution in [3.8, 4) is 0 Å². The zero-order valence-corrected chi connectivity index (χ0v) is 8.13. The number of hydrogen-bond acceptors (Lipinski definition) is 2. The lowest BCUT2D eigenvalue weighted by Gasteiger charge is -2.30. The Balaban J connectivity index is 2.35. The van der Waals surface area contributed by atoms with Crippen molar-refractivity contribution in [2.75, 3.05) is 31.1 Å². The summed E-state index contributed by atoms with van der Waals surface area (Å²) in [6, 6.07) is 0. The summed E-state index contributed by atoms with van der Waals surface area (Å²) in [6.07, 6.45) is 0. The summed E-state index contributed by atoms with van der Waals surface area (Å²) in [7, 11) is 0. The maximum atomic E-state index is 12.1. The van der Waals surface area contributed by atoms with Gasteiger partial charge in [-0.25, -0.2) is 0 Å². The van der Waals surface area contributed by atoms with E-state index in [1.54, 1.807) is 11.8 Å². The lowest BCUT2D eigenvalue weighted by Crippen LogP contribution is -2.37. The molecule has 0 spiro atoms. The van der Waals surface area contributed by atoms with Crippen molar-refractivity contribution in [3.63, 3.8) is 0 Å². The predicted molar refractivity (Wildman–Crippen MR) is 52.0 cm³/mol. The second-order valence-electron chi connectivity index (χ2n) is 3.12. The SMILES string of the molecule is C=C(CN1CCSCC1)[B-](F)(F)F. The van der Waals surface area contributed by atoms with Crippen LogP contribution in [0.15, 0.2) is 12.1 Å². The van der Waals surface area contributed by atoms with E-state index in [1.165, 1.54) is 0 Å². The third-order valence-corrected chi connectivity index (χ3v) is 2.94. The summed E-state index contributed by atoms with van der Waals surface area (Å²) < 4.78 is 36.4. The van der Waals surface area contributed by atoms with Gasteiger partial charge in [0.15, 0.2) is 0 Å². The standard InChI is InChI=1S/C7H12BF3NS/c1-7(8(9,10)11)6-12-2-4-13-5-3-12/h1-6H2/q-1. The van der Waals surface area contributed by atoms with E-state index in [4.69, 9.17) is 0 Å². The van der Waals surface area contributed by atoms with Crippen LogP contribution in [0.5, 0.6) is 0 Å². The molecule has 1 aliphatic rings. The van der Waals surface area contributed by atoms with Crippen LogP contribution in [0, 0.1) is 0 Å². The first-order valence-corrected chi connectivity index (χ1v) is 5.33. The lowest BCUT2D eigenvalue weighted by atomic mass is 9.80. The van der Waals surface area contributed by atoms with E-state index in [-0.39, 0.29) is 6.54 Å². The topological polar surface area (TPSA) is 3.24 Å². The highest BCUT2D eigenvalue weighted by molar-refractivity contribution is 7.99. The highest BCUT2D eigenvalue weighted by atomic mass is 32.2. The van der Waals surface area contributed by atoms with Gasteiger partial charge in [-0.05, 0) is 6.54 Å². The van der Waals surface area contributed by atoms with Gasteiger partial charge >= 0.3 is 6.98 Å². The van der Waals surface area contributed by atoms with Crippen LogP contribution >= 0.6 is 11.8 Å². The van der Waals surface area contributed by atoms with Gasteiger partial charge in [0.2, 0.25) is 0 Å². The fourth-order valence-corrected chi connectivity index (χ4v) is 2.13. The Morgan fingerprint density at radius 1 is 1.31 bits per heavy atom. The largest absolute Gasteiger partial charge is 0.506 e. The van der Waals surface area contributed by atoms with Crippen LogP contribution in [-0.2, 0) is 0 Å². The number of halogens is 3. The van der Waals surface area contributed by atoms with Gasteiger partial charge in [-0.1, -0.05) is 0 Å². The van der Waals surface area contributed by atoms with Crippen molar-refractivity contribution in [3.05, 3.63) is 12.1 Å². The molecule has 0 aromatic carbocycles. The molecule has 1 saturated heterocycles. The maximum Gasteiger partial charge on any atom is 0.506 e. The van der Waals surface area contributed by atoms with Gasteiger partial charge < -0.3 is 17.8 Å². The molecular weight excluding hydrogens is 198 g/mol. The zero-order valence-electron chi connectivity index (χ0n) is 7.31. The minimum Gasteiger partial charge on any atom is -0.445 e. The van der Waals surface area contributed by atoms with Gasteiger partial charge in [0.1, 0.15) is 0 Å². The molecule has 0 atom stereocenters. The predicted octanol–water partition coefficient (Wildman–Crippen LogP) is 1.98. The van der Waals surface area contributed by atoms with Gasteiger partial charge in [0.05, 0.1) is 0 Å². The van der Waals surface area contributed by atoms with Crippen LogP contribution in [0.25, 0.3) is 0 Å². The maximum absolute atomic E-state index is 12.1. The van der Waals surface area contributed by atoms with E-state index >= 15 is 0 Å². The van der Waals surface area contributed by atoms with Crippen LogP contribution in [-0.4, -0.2) is 43.0 Å². The highest BCUT2D eigenvalue weighted by Gasteiger charge is 2.27. The monoisotopic (exact) mass is 210 g/mol. The van der Waals surface area contributed by atoms with E-state index in [0.29, 0.717) is 0 Å². The molecule has 1 nitrogen and oxygen atoms in total. The first kappa shape index (κ1) is 11.0. The normalized spacial score (nSPS) is 20.2. The fourth-order valence-electron chi connectivity index (χ4n) is 1.15. The van der Waals surface area contributed by atoms with Crippen LogP contribution in [0.3, 0.4) is 0 Å². The quantitative estimate of drug-likeness (QED) is 0.655. The van der Waals surface area contributed by atoms with Gasteiger partial charge in [-0.15, -0.1) is 12.1 Å². The Kier molecular flexibility index (Phi) is 3.73. The average Bonchev–Trinajstić information content (AvgIpc) is 2.04. The first-order chi connectivity index (χ1) is 6.00. The number of hydrogen-bond donors (Lipinski definition) is 0. The second-order valence-corrected chi connectivity index (χ2v) is 4.35. The Hall–Kier alpha value is -0.0951. The van der Waals surface area contributed by atoms with Gasteiger partial charge in [0, 0.05) is 24.6 Å². The molecule has 1 heterocycles. The molecule has 1 fully saturated rings. The Labute approximate surface area is 80.4 Å². The Bertz CT molecular complexity index is 189. The summed E-state index contributed by atoms with van der Waals surface area (Å²) in [6.45, 7) is -0.285. The summed E-state index contributed by atoms with van der Waals surface area (Å²) in [5, 5.41) is 0. The van der Waals surface area contributed by atoms with E-state index in [2.05, 4.69) is 6.58 Å². The molecule has 0 aromatic heterocycles. The molecule has 76 valence electrons. The zero-order chi connectivity index (χ0) is 9.90. The van der Waals surface area contributed by atoms with E-state index in [1.807, 2.05) is 4.90 Å². The van der Waals surface area contributed by atoms with E-state index in [9.17, 15) is 12.9 Å². The number of rotatable bonds is 3. The summed E-state index contributed by atoms with van der Waals surface area (Å²) in [5.74, 6) is 1.86. The van der Waals surface area contributed by atoms with Crippen LogP contribution < -0.4 is 0 Å². The summed E-state index contributed by atoms with van der Waals surface area (Å²) in [5.41, 5.74) is -0.577. The smallest absolute Gasteiger partial charge is 0.445 e. The van der Waals surface area contributed by atoms with E-state index < -0.39 is 12.4 Å². The minimum absolute atomic E-state index is 0.00986. The fraction of sp³-hybridized carbons (Fsp3) is 0.714. The molecule has 0 saturated carbocycles. The van der Waals surface area contributed by atoms with Crippen molar-refractivity contribution in [1.82, 2.24) is 4.90 Å². The molecule has 1 rings (SSSR count). The summed E-state index contributed by atoms with van der Waals surface area (Å²) >= 11 is 1.79. The first-order valence-electron chi connectivity index (χ1n) is 4.18. The van der Waals surface area contributed by atoms with Crippen LogP contribution in [0.4, 0.5) is 12.9 Å². The average molecular weight is 210 g/mol. The molecule has 0 unspecified atom stereocenters. The Morgan fingerprint density at radius 2 is 1.85 bits per heavy atom. The second kappa shape index (κ2) is 4.42. The summed E-state index contributed by atoms with van der Waals surface area (Å²) in [4.78, 5) is 1.81. The number of thioether (sulfide) groups is 1. The molecule has 13 heavy (non-hydrogen) atoms. The van der Waals surface area contributed by atoms with Crippen molar-refractivity contribution in [2.24, 2.45) is 0 Å². The van der Waals surface area contributed by atoms with Crippen molar-refractivity contribution < 1.29 is 12.9 Å². The molecule has 0 aromatic rings. The van der Waals surface area contributed by atoms with Gasteiger partial charge in [-0.3, -0.25) is 0 Å². The molecule has 6 heteroatoms. The van der Waals surface area contributed by atoms with Crippen molar-refractivity contribution >= 4 is 18.7 Å². The molecule has 0 radical (unpaired) electrons. The van der Waals surface area contributed by atoms with Crippen LogP contribution in [0.2, 0.25) is 0 Å². The van der Waals surface area contributed by atoms with Crippen molar-refractivity contribution in [1.29, 1.82) is 0 Å². The highest BCUT2D eigenvalue weighted by Crippen LogP contribution is 2.20. The lowest BCUT2D eigenvalue weighted by molar-refractivity contribution is 0.325. The molecule has 0 N–H and O–H groups in total. The van der Waals surface area contributed by atoms with E-state index in [0.717, 1.165) is 24.6 Å². The molecule has 0 aliphatic carbocycles. The number of nitrogens with zero attached hydrogens (tertiary/aromatic N) is 1. The third-order valence-electron chi connectivity index (χ3n) is 1.99. The van der Waals surface area contributed by atoms with Crippen molar-refractivity contribution in [2.45, 2.75) is 0 Å².